The van der Waals surface area contributed by atoms with Crippen LogP contribution in [0.2, 0.25) is 0 Å². The molecule has 1 fully saturated rings. The van der Waals surface area contributed by atoms with Crippen molar-refractivity contribution >= 4 is 23.3 Å². The van der Waals surface area contributed by atoms with Gasteiger partial charge >= 0.3 is 6.03 Å². The minimum Gasteiger partial charge on any atom is -0.362 e. The monoisotopic (exact) mass is 386 g/mol. The molecule has 4 rings (SSSR count). The highest BCUT2D eigenvalue weighted by molar-refractivity contribution is 6.02. The molecule has 2 aromatic rings. The maximum Gasteiger partial charge on any atom is 0.321 e. The number of benzene rings is 2. The van der Waals surface area contributed by atoms with Crippen LogP contribution in [0.4, 0.5) is 25.0 Å². The summed E-state index contributed by atoms with van der Waals surface area (Å²) >= 11 is 0. The Bertz CT molecular complexity index is 938. The number of amides is 3. The van der Waals surface area contributed by atoms with E-state index in [9.17, 15) is 18.4 Å². The molecule has 2 aromatic carbocycles. The van der Waals surface area contributed by atoms with Crippen LogP contribution in [0.25, 0.3) is 0 Å². The molecule has 2 heterocycles. The molecule has 8 heteroatoms. The van der Waals surface area contributed by atoms with Gasteiger partial charge < -0.3 is 20.9 Å². The van der Waals surface area contributed by atoms with Crippen LogP contribution in [-0.4, -0.2) is 35.6 Å². The third-order valence-corrected chi connectivity index (χ3v) is 5.24. The Labute approximate surface area is 160 Å². The van der Waals surface area contributed by atoms with E-state index in [0.29, 0.717) is 31.6 Å². The third kappa shape index (κ3) is 3.37. The number of nitrogens with zero attached hydrogens (tertiary/aromatic N) is 1. The van der Waals surface area contributed by atoms with Gasteiger partial charge in [0.2, 0.25) is 0 Å². The number of urea groups is 1. The standard InChI is InChI=1S/C20H20F2N4O2/c1-12-2-4-13(5-3-12)23-19(28)26-8-6-20(7-9-26)24-17-11-16(22)15(21)10-14(17)18(27)25-20/h2-5,10-11,24H,6-9H2,1H3,(H,23,28)(H,25,27). The van der Waals surface area contributed by atoms with E-state index in [-0.39, 0.29) is 17.3 Å². The number of nitrogens with one attached hydrogen (secondary N) is 3. The van der Waals surface area contributed by atoms with Gasteiger partial charge in [0.05, 0.1) is 11.3 Å². The van der Waals surface area contributed by atoms with Crippen molar-refractivity contribution in [3.05, 3.63) is 59.2 Å². The Morgan fingerprint density at radius 1 is 1.07 bits per heavy atom. The smallest absolute Gasteiger partial charge is 0.321 e. The topological polar surface area (TPSA) is 73.5 Å². The number of hydrogen-bond donors (Lipinski definition) is 3. The quantitative estimate of drug-likeness (QED) is 0.703. The summed E-state index contributed by atoms with van der Waals surface area (Å²) in [7, 11) is 0. The minimum atomic E-state index is -1.06. The van der Waals surface area contributed by atoms with Crippen LogP contribution in [0.3, 0.4) is 0 Å². The first kappa shape index (κ1) is 18.2. The van der Waals surface area contributed by atoms with Crippen molar-refractivity contribution < 1.29 is 18.4 Å². The normalized spacial score (nSPS) is 17.5. The zero-order valence-corrected chi connectivity index (χ0v) is 15.3. The van der Waals surface area contributed by atoms with Crippen molar-refractivity contribution in [1.82, 2.24) is 10.2 Å². The molecular weight excluding hydrogens is 366 g/mol. The largest absolute Gasteiger partial charge is 0.362 e. The number of hydrogen-bond acceptors (Lipinski definition) is 3. The molecule has 1 saturated heterocycles. The summed E-state index contributed by atoms with van der Waals surface area (Å²) < 4.78 is 27.0. The molecule has 2 aliphatic heterocycles. The second kappa shape index (κ2) is 6.78. The summed E-state index contributed by atoms with van der Waals surface area (Å²) in [6.07, 6.45) is 0.886. The number of fused-ring (bicyclic) bond motifs is 1. The highest BCUT2D eigenvalue weighted by atomic mass is 19.2. The van der Waals surface area contributed by atoms with Gasteiger partial charge in [-0.3, -0.25) is 4.79 Å². The molecule has 6 nitrogen and oxygen atoms in total. The molecule has 0 atom stereocenters. The van der Waals surface area contributed by atoms with Gasteiger partial charge in [-0.2, -0.15) is 0 Å². The minimum absolute atomic E-state index is 0.0732. The fourth-order valence-electron chi connectivity index (χ4n) is 3.59. The predicted octanol–water partition coefficient (Wildman–Crippen LogP) is 3.45. The van der Waals surface area contributed by atoms with Gasteiger partial charge in [-0.25, -0.2) is 13.6 Å². The summed E-state index contributed by atoms with van der Waals surface area (Å²) in [4.78, 5) is 26.5. The van der Waals surface area contributed by atoms with E-state index in [1.165, 1.54) is 0 Å². The van der Waals surface area contributed by atoms with Gasteiger partial charge in [0.1, 0.15) is 5.66 Å². The average molecular weight is 386 g/mol. The van der Waals surface area contributed by atoms with Crippen LogP contribution in [-0.2, 0) is 0 Å². The van der Waals surface area contributed by atoms with Gasteiger partial charge in [0, 0.05) is 37.7 Å². The van der Waals surface area contributed by atoms with E-state index >= 15 is 0 Å². The highest BCUT2D eigenvalue weighted by Crippen LogP contribution is 2.32. The third-order valence-electron chi connectivity index (χ3n) is 5.24. The molecule has 1 spiro atoms. The lowest BCUT2D eigenvalue weighted by Crippen LogP contribution is -2.63. The first-order valence-corrected chi connectivity index (χ1v) is 9.08. The molecule has 0 radical (unpaired) electrons. The zero-order chi connectivity index (χ0) is 19.9. The number of piperidine rings is 1. The summed E-state index contributed by atoms with van der Waals surface area (Å²) in [5, 5.41) is 8.84. The number of carbonyl (C=O) groups is 2. The van der Waals surface area contributed by atoms with Crippen molar-refractivity contribution in [2.24, 2.45) is 0 Å². The van der Waals surface area contributed by atoms with Crippen LogP contribution in [0.15, 0.2) is 36.4 Å². The highest BCUT2D eigenvalue weighted by Gasteiger charge is 2.41. The van der Waals surface area contributed by atoms with Gasteiger partial charge in [-0.1, -0.05) is 17.7 Å². The Hall–Kier alpha value is -3.16. The molecule has 2 aliphatic rings. The maximum atomic E-state index is 13.6. The van der Waals surface area contributed by atoms with Gasteiger partial charge in [0.25, 0.3) is 5.91 Å². The Morgan fingerprint density at radius 3 is 2.39 bits per heavy atom. The lowest BCUT2D eigenvalue weighted by Gasteiger charge is -2.45. The molecule has 28 heavy (non-hydrogen) atoms. The Kier molecular flexibility index (Phi) is 4.41. The fourth-order valence-corrected chi connectivity index (χ4v) is 3.59. The summed E-state index contributed by atoms with van der Waals surface area (Å²) in [6, 6.07) is 9.20. The molecule has 0 saturated carbocycles. The number of likely N-dealkylation sites (tertiary alicyclic amines) is 1. The van der Waals surface area contributed by atoms with Crippen LogP contribution < -0.4 is 16.0 Å². The second-order valence-electron chi connectivity index (χ2n) is 7.26. The van der Waals surface area contributed by atoms with E-state index in [1.807, 2.05) is 31.2 Å². The molecule has 0 unspecified atom stereocenters. The number of anilines is 2. The van der Waals surface area contributed by atoms with E-state index < -0.39 is 23.2 Å². The molecule has 3 amide bonds. The van der Waals surface area contributed by atoms with Crippen molar-refractivity contribution in [3.8, 4) is 0 Å². The second-order valence-corrected chi connectivity index (χ2v) is 7.26. The van der Waals surface area contributed by atoms with Crippen LogP contribution in [0, 0.1) is 18.6 Å². The van der Waals surface area contributed by atoms with Crippen LogP contribution in [0.5, 0.6) is 0 Å². The first-order chi connectivity index (χ1) is 13.3. The van der Waals surface area contributed by atoms with Crippen molar-refractivity contribution in [2.45, 2.75) is 25.4 Å². The van der Waals surface area contributed by atoms with Crippen molar-refractivity contribution in [3.63, 3.8) is 0 Å². The zero-order valence-electron chi connectivity index (χ0n) is 15.3. The van der Waals surface area contributed by atoms with E-state index in [2.05, 4.69) is 16.0 Å². The number of aryl methyl sites for hydroxylation is 1. The van der Waals surface area contributed by atoms with Gasteiger partial charge in [-0.05, 0) is 25.1 Å². The average Bonchev–Trinajstić information content (AvgIpc) is 2.66. The van der Waals surface area contributed by atoms with Crippen molar-refractivity contribution in [2.75, 3.05) is 23.7 Å². The predicted molar refractivity (Wildman–Crippen MR) is 101 cm³/mol. The van der Waals surface area contributed by atoms with Crippen LogP contribution >= 0.6 is 0 Å². The summed E-state index contributed by atoms with van der Waals surface area (Å²) in [6.45, 7) is 2.79. The van der Waals surface area contributed by atoms with E-state index in [0.717, 1.165) is 17.7 Å². The van der Waals surface area contributed by atoms with E-state index in [1.54, 1.807) is 4.90 Å². The maximum absolute atomic E-state index is 13.6. The molecule has 146 valence electrons. The molecular formula is C20H20F2N4O2. The molecule has 3 N–H and O–H groups in total. The molecule has 0 bridgehead atoms. The van der Waals surface area contributed by atoms with Crippen molar-refractivity contribution in [1.29, 1.82) is 0 Å². The number of halogens is 2. The lowest BCUT2D eigenvalue weighted by molar-refractivity contribution is 0.0851. The summed E-state index contributed by atoms with van der Waals surface area (Å²) in [5.74, 6) is -2.52. The number of carbonyl (C=O) groups excluding carboxylic acids is 2. The van der Waals surface area contributed by atoms with Gasteiger partial charge in [0.15, 0.2) is 11.6 Å². The summed E-state index contributed by atoms with van der Waals surface area (Å²) in [5.41, 5.74) is 1.37. The Balaban J connectivity index is 1.43. The van der Waals surface area contributed by atoms with E-state index in [4.69, 9.17) is 0 Å². The lowest BCUT2D eigenvalue weighted by atomic mass is 9.92. The fraction of sp³-hybridized carbons (Fsp3) is 0.300. The first-order valence-electron chi connectivity index (χ1n) is 9.08. The van der Waals surface area contributed by atoms with Gasteiger partial charge in [-0.15, -0.1) is 0 Å². The molecule has 0 aliphatic carbocycles. The number of rotatable bonds is 1. The Morgan fingerprint density at radius 2 is 1.71 bits per heavy atom. The SMILES string of the molecule is Cc1ccc(NC(=O)N2CCC3(CC2)NC(=O)c2cc(F)c(F)cc2N3)cc1. The van der Waals surface area contributed by atoms with Crippen LogP contribution in [0.1, 0.15) is 28.8 Å². The molecule has 0 aromatic heterocycles.